The van der Waals surface area contributed by atoms with E-state index in [1.165, 1.54) is 6.07 Å². The molecule has 0 aliphatic heterocycles. The molecule has 2 aromatic carbocycles. The Morgan fingerprint density at radius 2 is 1.94 bits per heavy atom. The Balaban J connectivity index is 1.92. The van der Waals surface area contributed by atoms with Crippen molar-refractivity contribution in [2.24, 2.45) is 7.05 Å². The summed E-state index contributed by atoms with van der Waals surface area (Å²) >= 11 is 0. The highest BCUT2D eigenvalue weighted by molar-refractivity contribution is 5.88. The summed E-state index contributed by atoms with van der Waals surface area (Å²) in [6.07, 6.45) is 1.55. The quantitative estimate of drug-likeness (QED) is 0.358. The third-order valence-electron chi connectivity index (χ3n) is 5.50. The number of para-hydroxylation sites is 2. The zero-order valence-corrected chi connectivity index (χ0v) is 17.4. The number of phenols is 2. The van der Waals surface area contributed by atoms with Gasteiger partial charge in [-0.3, -0.25) is 9.89 Å². The van der Waals surface area contributed by atoms with Crippen LogP contribution in [0.2, 0.25) is 0 Å². The minimum Gasteiger partial charge on any atom is -0.508 e. The van der Waals surface area contributed by atoms with Gasteiger partial charge in [-0.2, -0.15) is 5.10 Å². The van der Waals surface area contributed by atoms with Crippen LogP contribution in [0, 0.1) is 0 Å². The van der Waals surface area contributed by atoms with Crippen molar-refractivity contribution in [3.63, 3.8) is 0 Å². The van der Waals surface area contributed by atoms with Crippen LogP contribution in [0.3, 0.4) is 0 Å². The van der Waals surface area contributed by atoms with Gasteiger partial charge in [0.1, 0.15) is 23.0 Å². The summed E-state index contributed by atoms with van der Waals surface area (Å²) in [6.45, 7) is 1.92. The van der Waals surface area contributed by atoms with Gasteiger partial charge in [-0.05, 0) is 43.0 Å². The summed E-state index contributed by atoms with van der Waals surface area (Å²) < 4.78 is 1.96. The summed E-state index contributed by atoms with van der Waals surface area (Å²) in [5, 5.41) is 37.2. The number of fused-ring (bicyclic) bond motifs is 1. The number of nitrogens with zero attached hydrogens (tertiary/aromatic N) is 3. The number of aryl methyl sites for hydroxylation is 3. The van der Waals surface area contributed by atoms with Gasteiger partial charge in [-0.25, -0.2) is 4.98 Å². The molecule has 0 amide bonds. The van der Waals surface area contributed by atoms with Gasteiger partial charge in [0.2, 0.25) is 0 Å². The zero-order valence-electron chi connectivity index (χ0n) is 17.4. The predicted octanol–water partition coefficient (Wildman–Crippen LogP) is 4.01. The lowest BCUT2D eigenvalue weighted by atomic mass is 9.99. The zero-order chi connectivity index (χ0) is 22.1. The molecule has 0 unspecified atom stereocenters. The van der Waals surface area contributed by atoms with E-state index in [1.54, 1.807) is 6.07 Å². The molecule has 2 heterocycles. The molecular weight excluding hydrogens is 396 g/mol. The fourth-order valence-corrected chi connectivity index (χ4v) is 3.88. The number of hydrogen-bond acceptors (Lipinski definition) is 5. The molecule has 0 saturated heterocycles. The lowest BCUT2D eigenvalue weighted by Crippen LogP contribution is -2.00. The van der Waals surface area contributed by atoms with E-state index in [1.807, 2.05) is 42.8 Å². The maximum Gasteiger partial charge on any atom is 0.303 e. The first-order chi connectivity index (χ1) is 14.9. The number of hydrogen-bond donors (Lipinski definition) is 4. The maximum absolute atomic E-state index is 11.0. The SMILES string of the molecule is CCc1cc(-c2n[nH]c(CCCC(=O)O)c2-c2nc3ccccc3n2C)c(O)cc1O. The van der Waals surface area contributed by atoms with E-state index in [9.17, 15) is 15.0 Å². The summed E-state index contributed by atoms with van der Waals surface area (Å²) in [5.74, 6) is -0.239. The fourth-order valence-electron chi connectivity index (χ4n) is 3.88. The van der Waals surface area contributed by atoms with Gasteiger partial charge in [0, 0.05) is 30.8 Å². The molecule has 160 valence electrons. The second kappa shape index (κ2) is 8.14. The highest BCUT2D eigenvalue weighted by Crippen LogP contribution is 2.41. The smallest absolute Gasteiger partial charge is 0.303 e. The van der Waals surface area contributed by atoms with Crippen molar-refractivity contribution in [1.82, 2.24) is 19.7 Å². The van der Waals surface area contributed by atoms with Gasteiger partial charge < -0.3 is 19.9 Å². The van der Waals surface area contributed by atoms with Gasteiger partial charge in [-0.15, -0.1) is 0 Å². The van der Waals surface area contributed by atoms with E-state index in [0.29, 0.717) is 47.5 Å². The normalized spacial score (nSPS) is 11.3. The van der Waals surface area contributed by atoms with Crippen molar-refractivity contribution in [2.75, 3.05) is 0 Å². The highest BCUT2D eigenvalue weighted by atomic mass is 16.4. The van der Waals surface area contributed by atoms with E-state index in [-0.39, 0.29) is 17.9 Å². The second-order valence-electron chi connectivity index (χ2n) is 7.51. The fraction of sp³-hybridized carbons (Fsp3) is 0.261. The lowest BCUT2D eigenvalue weighted by Gasteiger charge is -2.10. The molecule has 0 saturated carbocycles. The Hall–Kier alpha value is -3.81. The van der Waals surface area contributed by atoms with E-state index in [0.717, 1.165) is 16.7 Å². The Morgan fingerprint density at radius 3 is 2.65 bits per heavy atom. The molecule has 4 rings (SSSR count). The molecule has 0 aliphatic carbocycles. The molecule has 0 fully saturated rings. The number of aromatic amines is 1. The Labute approximate surface area is 178 Å². The molecule has 0 atom stereocenters. The van der Waals surface area contributed by atoms with Crippen molar-refractivity contribution in [2.45, 2.75) is 32.6 Å². The van der Waals surface area contributed by atoms with Crippen LogP contribution in [0.4, 0.5) is 0 Å². The van der Waals surface area contributed by atoms with Gasteiger partial charge in [-0.1, -0.05) is 19.1 Å². The molecule has 8 heteroatoms. The number of carbonyl (C=O) groups is 1. The van der Waals surface area contributed by atoms with Gasteiger partial charge in [0.25, 0.3) is 0 Å². The first-order valence-corrected chi connectivity index (χ1v) is 10.2. The van der Waals surface area contributed by atoms with Crippen molar-refractivity contribution < 1.29 is 20.1 Å². The number of aromatic nitrogens is 4. The molecular formula is C23H24N4O4. The van der Waals surface area contributed by atoms with Gasteiger partial charge >= 0.3 is 5.97 Å². The molecule has 0 spiro atoms. The first-order valence-electron chi connectivity index (χ1n) is 10.2. The molecule has 4 N–H and O–H groups in total. The number of rotatable bonds is 7. The minimum absolute atomic E-state index is 0.0326. The third kappa shape index (κ3) is 3.72. The number of carboxylic acid groups (broad SMARTS) is 1. The number of nitrogens with one attached hydrogen (secondary N) is 1. The summed E-state index contributed by atoms with van der Waals surface area (Å²) in [5.41, 5.74) is 4.93. The molecule has 2 aromatic heterocycles. The number of aliphatic carboxylic acids is 1. The first kappa shape index (κ1) is 20.5. The Kier molecular flexibility index (Phi) is 5.37. The van der Waals surface area contributed by atoms with Crippen LogP contribution in [0.15, 0.2) is 36.4 Å². The number of aromatic hydroxyl groups is 2. The van der Waals surface area contributed by atoms with Crippen molar-refractivity contribution >= 4 is 17.0 Å². The molecule has 0 aliphatic rings. The summed E-state index contributed by atoms with van der Waals surface area (Å²) in [6, 6.07) is 10.8. The van der Waals surface area contributed by atoms with E-state index >= 15 is 0 Å². The topological polar surface area (TPSA) is 124 Å². The average molecular weight is 420 g/mol. The number of benzene rings is 2. The largest absolute Gasteiger partial charge is 0.508 e. The number of carboxylic acids is 1. The average Bonchev–Trinajstić information content (AvgIpc) is 3.29. The van der Waals surface area contributed by atoms with Crippen molar-refractivity contribution in [3.05, 3.63) is 47.7 Å². The van der Waals surface area contributed by atoms with Crippen molar-refractivity contribution in [1.29, 1.82) is 0 Å². The maximum atomic E-state index is 11.0. The number of phenolic OH excluding ortho intramolecular Hbond substituents is 2. The van der Waals surface area contributed by atoms with Gasteiger partial charge in [0.05, 0.1) is 16.6 Å². The van der Waals surface area contributed by atoms with Crippen LogP contribution in [0.25, 0.3) is 33.7 Å². The third-order valence-corrected chi connectivity index (χ3v) is 5.50. The molecule has 0 bridgehead atoms. The predicted molar refractivity (Wildman–Crippen MR) is 117 cm³/mol. The lowest BCUT2D eigenvalue weighted by molar-refractivity contribution is -0.137. The standard InChI is InChI=1S/C23H24N4O4/c1-3-13-11-14(19(29)12-18(13)28)22-21(16(25-26-22)8-6-10-20(30)31)23-24-15-7-4-5-9-17(15)27(23)2/h4-5,7,9,11-12,28-29H,3,6,8,10H2,1-2H3,(H,25,26)(H,30,31). The second-order valence-corrected chi connectivity index (χ2v) is 7.51. The van der Waals surface area contributed by atoms with E-state index < -0.39 is 5.97 Å². The number of H-pyrrole nitrogens is 1. The molecule has 31 heavy (non-hydrogen) atoms. The Bertz CT molecular complexity index is 1270. The molecule has 8 nitrogen and oxygen atoms in total. The van der Waals surface area contributed by atoms with Crippen LogP contribution in [-0.4, -0.2) is 41.0 Å². The van der Waals surface area contributed by atoms with Crippen LogP contribution >= 0.6 is 0 Å². The van der Waals surface area contributed by atoms with E-state index in [4.69, 9.17) is 10.1 Å². The van der Waals surface area contributed by atoms with Crippen LogP contribution in [0.1, 0.15) is 31.0 Å². The van der Waals surface area contributed by atoms with Crippen LogP contribution in [0.5, 0.6) is 11.5 Å². The molecule has 0 radical (unpaired) electrons. The summed E-state index contributed by atoms with van der Waals surface area (Å²) in [4.78, 5) is 15.8. The van der Waals surface area contributed by atoms with Gasteiger partial charge in [0.15, 0.2) is 0 Å². The van der Waals surface area contributed by atoms with Crippen LogP contribution in [-0.2, 0) is 24.7 Å². The van der Waals surface area contributed by atoms with E-state index in [2.05, 4.69) is 10.2 Å². The monoisotopic (exact) mass is 420 g/mol. The Morgan fingerprint density at radius 1 is 1.16 bits per heavy atom. The minimum atomic E-state index is -0.854. The summed E-state index contributed by atoms with van der Waals surface area (Å²) in [7, 11) is 1.91. The van der Waals surface area contributed by atoms with Crippen molar-refractivity contribution in [3.8, 4) is 34.1 Å². The molecule has 4 aromatic rings. The highest BCUT2D eigenvalue weighted by Gasteiger charge is 2.24. The number of imidazole rings is 1. The van der Waals surface area contributed by atoms with Crippen LogP contribution < -0.4 is 0 Å².